The van der Waals surface area contributed by atoms with Gasteiger partial charge in [0, 0.05) is 18.2 Å². The van der Waals surface area contributed by atoms with E-state index < -0.39 is 10.7 Å². The van der Waals surface area contributed by atoms with Gasteiger partial charge in [0.1, 0.15) is 5.69 Å². The number of halogens is 1. The van der Waals surface area contributed by atoms with Crippen molar-refractivity contribution in [3.63, 3.8) is 0 Å². The molecule has 3 N–H and O–H groups in total. The van der Waals surface area contributed by atoms with Crippen molar-refractivity contribution in [2.75, 3.05) is 12.4 Å². The van der Waals surface area contributed by atoms with Gasteiger partial charge in [-0.3, -0.25) is 10.1 Å². The number of benzene rings is 1. The fourth-order valence-electron chi connectivity index (χ4n) is 2.50. The molecule has 0 heterocycles. The number of nitrogens with two attached hydrogens (primary N) is 1. The molecular weight excluding hydrogens is 265 g/mol. The maximum absolute atomic E-state index is 13.6. The molecular formula is C13H18FN3O3. The molecule has 2 atom stereocenters. The van der Waals surface area contributed by atoms with Gasteiger partial charge in [0.25, 0.3) is 5.69 Å². The first-order valence-electron chi connectivity index (χ1n) is 6.57. The Labute approximate surface area is 116 Å². The summed E-state index contributed by atoms with van der Waals surface area (Å²) in [6, 6.07) is 2.08. The second kappa shape index (κ2) is 6.04. The average molecular weight is 283 g/mol. The third-order valence-corrected chi connectivity index (χ3v) is 3.63. The van der Waals surface area contributed by atoms with E-state index in [0.29, 0.717) is 0 Å². The molecule has 0 saturated heterocycles. The Kier molecular flexibility index (Phi) is 4.39. The fraction of sp³-hybridized carbons (Fsp3) is 0.538. The van der Waals surface area contributed by atoms with E-state index in [1.807, 2.05) is 0 Å². The number of nitrogens with one attached hydrogen (secondary N) is 1. The van der Waals surface area contributed by atoms with E-state index in [-0.39, 0.29) is 29.2 Å². The summed E-state index contributed by atoms with van der Waals surface area (Å²) in [5, 5.41) is 14.1. The summed E-state index contributed by atoms with van der Waals surface area (Å²) < 4.78 is 18.4. The summed E-state index contributed by atoms with van der Waals surface area (Å²) in [5.74, 6) is -0.778. The quantitative estimate of drug-likeness (QED) is 0.654. The van der Waals surface area contributed by atoms with Gasteiger partial charge in [-0.2, -0.15) is 0 Å². The van der Waals surface area contributed by atoms with Crippen LogP contribution in [0.4, 0.5) is 15.8 Å². The van der Waals surface area contributed by atoms with E-state index in [1.165, 1.54) is 13.2 Å². The summed E-state index contributed by atoms with van der Waals surface area (Å²) in [4.78, 5) is 10.4. The van der Waals surface area contributed by atoms with Crippen LogP contribution in [-0.2, 0) is 0 Å². The van der Waals surface area contributed by atoms with E-state index in [9.17, 15) is 14.5 Å². The van der Waals surface area contributed by atoms with Crippen molar-refractivity contribution >= 4 is 11.4 Å². The molecule has 0 aliphatic heterocycles. The molecule has 1 aromatic carbocycles. The number of nitro groups is 1. The number of hydrogen-bond acceptors (Lipinski definition) is 5. The Morgan fingerprint density at radius 3 is 2.75 bits per heavy atom. The smallest absolute Gasteiger partial charge is 0.295 e. The van der Waals surface area contributed by atoms with E-state index in [4.69, 9.17) is 10.5 Å². The number of ether oxygens (including phenoxy) is 1. The first-order chi connectivity index (χ1) is 9.52. The van der Waals surface area contributed by atoms with Crippen LogP contribution in [0, 0.1) is 15.9 Å². The molecule has 1 aliphatic carbocycles. The lowest BCUT2D eigenvalue weighted by atomic mass is 9.91. The Bertz CT molecular complexity index is 510. The summed E-state index contributed by atoms with van der Waals surface area (Å²) in [5.41, 5.74) is 5.96. The topological polar surface area (TPSA) is 90.4 Å². The molecule has 0 amide bonds. The Morgan fingerprint density at radius 1 is 1.45 bits per heavy atom. The molecule has 1 saturated carbocycles. The molecule has 110 valence electrons. The molecule has 0 bridgehead atoms. The number of hydrogen-bond donors (Lipinski definition) is 2. The number of nitro benzene ring substituents is 1. The van der Waals surface area contributed by atoms with Crippen LogP contribution in [0.2, 0.25) is 0 Å². The van der Waals surface area contributed by atoms with E-state index >= 15 is 0 Å². The predicted octanol–water partition coefficient (Wildman–Crippen LogP) is 2.42. The minimum absolute atomic E-state index is 0.0255. The van der Waals surface area contributed by atoms with Crippen molar-refractivity contribution in [3.05, 3.63) is 28.1 Å². The maximum Gasteiger partial charge on any atom is 0.295 e. The second-order valence-corrected chi connectivity index (χ2v) is 4.96. The van der Waals surface area contributed by atoms with Crippen molar-refractivity contribution in [3.8, 4) is 5.75 Å². The van der Waals surface area contributed by atoms with E-state index in [0.717, 1.165) is 31.7 Å². The number of methoxy groups -OCH3 is 1. The Balaban J connectivity index is 2.30. The third-order valence-electron chi connectivity index (χ3n) is 3.63. The zero-order valence-corrected chi connectivity index (χ0v) is 11.3. The molecule has 0 spiro atoms. The van der Waals surface area contributed by atoms with Gasteiger partial charge in [0.15, 0.2) is 11.6 Å². The predicted molar refractivity (Wildman–Crippen MR) is 73.5 cm³/mol. The SMILES string of the molecule is COc1cc(NC2CCCCC2N)c([N+](=O)[O-])cc1F. The van der Waals surface area contributed by atoms with Gasteiger partial charge in [0.05, 0.1) is 18.1 Å². The van der Waals surface area contributed by atoms with Crippen molar-refractivity contribution in [2.24, 2.45) is 5.73 Å². The first kappa shape index (κ1) is 14.5. The first-order valence-corrected chi connectivity index (χ1v) is 6.57. The lowest BCUT2D eigenvalue weighted by molar-refractivity contribution is -0.384. The zero-order chi connectivity index (χ0) is 14.7. The molecule has 1 fully saturated rings. The largest absolute Gasteiger partial charge is 0.494 e. The van der Waals surface area contributed by atoms with Crippen molar-refractivity contribution in [2.45, 2.75) is 37.8 Å². The van der Waals surface area contributed by atoms with Gasteiger partial charge < -0.3 is 15.8 Å². The van der Waals surface area contributed by atoms with Gasteiger partial charge in [-0.25, -0.2) is 4.39 Å². The van der Waals surface area contributed by atoms with Crippen LogP contribution in [0.3, 0.4) is 0 Å². The van der Waals surface area contributed by atoms with Gasteiger partial charge in [-0.1, -0.05) is 12.8 Å². The normalized spacial score (nSPS) is 22.4. The number of anilines is 1. The third kappa shape index (κ3) is 2.98. The Morgan fingerprint density at radius 2 is 2.15 bits per heavy atom. The molecule has 0 aromatic heterocycles. The van der Waals surface area contributed by atoms with Crippen molar-refractivity contribution < 1.29 is 14.1 Å². The molecule has 20 heavy (non-hydrogen) atoms. The van der Waals surface area contributed by atoms with Gasteiger partial charge in [-0.15, -0.1) is 0 Å². The highest BCUT2D eigenvalue weighted by Gasteiger charge is 2.26. The molecule has 0 radical (unpaired) electrons. The molecule has 1 aromatic rings. The van der Waals surface area contributed by atoms with E-state index in [1.54, 1.807) is 0 Å². The van der Waals surface area contributed by atoms with Crippen LogP contribution in [0.25, 0.3) is 0 Å². The minimum Gasteiger partial charge on any atom is -0.494 e. The summed E-state index contributed by atoms with van der Waals surface area (Å²) in [6.07, 6.45) is 3.81. The van der Waals surface area contributed by atoms with E-state index in [2.05, 4.69) is 5.32 Å². The van der Waals surface area contributed by atoms with Crippen LogP contribution in [0.1, 0.15) is 25.7 Å². The van der Waals surface area contributed by atoms with Crippen LogP contribution in [0.15, 0.2) is 12.1 Å². The van der Waals surface area contributed by atoms with Gasteiger partial charge in [0.2, 0.25) is 0 Å². The highest BCUT2D eigenvalue weighted by atomic mass is 19.1. The second-order valence-electron chi connectivity index (χ2n) is 4.96. The minimum atomic E-state index is -0.752. The highest BCUT2D eigenvalue weighted by molar-refractivity contribution is 5.65. The Hall–Kier alpha value is -1.89. The standard InChI is InChI=1S/C13H18FN3O3/c1-20-13-7-11(12(17(18)19)6-8(13)14)16-10-5-3-2-4-9(10)15/h6-7,9-10,16H,2-5,15H2,1H3. The lowest BCUT2D eigenvalue weighted by Gasteiger charge is -2.30. The monoisotopic (exact) mass is 283 g/mol. The molecule has 2 rings (SSSR count). The van der Waals surface area contributed by atoms with Crippen LogP contribution in [-0.4, -0.2) is 24.1 Å². The molecule has 1 aliphatic rings. The zero-order valence-electron chi connectivity index (χ0n) is 11.3. The van der Waals surface area contributed by atoms with Gasteiger partial charge >= 0.3 is 0 Å². The molecule has 6 nitrogen and oxygen atoms in total. The number of rotatable bonds is 4. The average Bonchev–Trinajstić information content (AvgIpc) is 2.42. The highest BCUT2D eigenvalue weighted by Crippen LogP contribution is 2.33. The summed E-state index contributed by atoms with van der Waals surface area (Å²) in [6.45, 7) is 0. The summed E-state index contributed by atoms with van der Waals surface area (Å²) >= 11 is 0. The summed E-state index contributed by atoms with van der Waals surface area (Å²) in [7, 11) is 1.32. The van der Waals surface area contributed by atoms with Crippen LogP contribution < -0.4 is 15.8 Å². The van der Waals surface area contributed by atoms with Gasteiger partial charge in [-0.05, 0) is 12.8 Å². The molecule has 2 unspecified atom stereocenters. The lowest BCUT2D eigenvalue weighted by Crippen LogP contribution is -2.42. The maximum atomic E-state index is 13.6. The number of nitrogens with zero attached hydrogens (tertiary/aromatic N) is 1. The molecule has 7 heteroatoms. The van der Waals surface area contributed by atoms with Crippen molar-refractivity contribution in [1.82, 2.24) is 0 Å². The van der Waals surface area contributed by atoms with Crippen LogP contribution >= 0.6 is 0 Å². The fourth-order valence-corrected chi connectivity index (χ4v) is 2.50. The van der Waals surface area contributed by atoms with Crippen molar-refractivity contribution in [1.29, 1.82) is 0 Å². The van der Waals surface area contributed by atoms with Crippen LogP contribution in [0.5, 0.6) is 5.75 Å².